The minimum Gasteiger partial charge on any atom is -0.331 e. The van der Waals surface area contributed by atoms with Crippen LogP contribution in [0.5, 0.6) is 0 Å². The van der Waals surface area contributed by atoms with Crippen LogP contribution in [0.1, 0.15) is 12.5 Å². The lowest BCUT2D eigenvalue weighted by Gasteiger charge is -2.15. The van der Waals surface area contributed by atoms with Crippen molar-refractivity contribution in [2.75, 3.05) is 11.4 Å². The van der Waals surface area contributed by atoms with Crippen LogP contribution in [0.2, 0.25) is 5.02 Å². The number of carbonyl (C=O) groups excluding carboxylic acids is 1. The highest BCUT2D eigenvalue weighted by atomic mass is 35.5. The first-order chi connectivity index (χ1) is 9.20. The van der Waals surface area contributed by atoms with Gasteiger partial charge in [0.2, 0.25) is 5.95 Å². The van der Waals surface area contributed by atoms with E-state index in [0.717, 1.165) is 5.56 Å². The normalized spacial score (nSPS) is 10.8. The van der Waals surface area contributed by atoms with Crippen LogP contribution in [-0.2, 0) is 4.79 Å². The maximum Gasteiger partial charge on any atom is 0.253 e. The first kappa shape index (κ1) is 13.4. The molecule has 0 saturated heterocycles. The number of anilines is 1. The van der Waals surface area contributed by atoms with E-state index in [0.29, 0.717) is 17.5 Å². The number of hydrogen-bond acceptors (Lipinski definition) is 2. The Morgan fingerprint density at radius 2 is 2.37 bits per heavy atom. The molecule has 4 nitrogen and oxygen atoms in total. The molecule has 0 unspecified atom stereocenters. The van der Waals surface area contributed by atoms with Gasteiger partial charge in [-0.3, -0.25) is 9.69 Å². The minimum atomic E-state index is -0.127. The van der Waals surface area contributed by atoms with Gasteiger partial charge in [-0.2, -0.15) is 0 Å². The largest absolute Gasteiger partial charge is 0.331 e. The van der Waals surface area contributed by atoms with Gasteiger partial charge in [0.25, 0.3) is 5.91 Å². The summed E-state index contributed by atoms with van der Waals surface area (Å²) >= 11 is 5.89. The average Bonchev–Trinajstić information content (AvgIpc) is 2.91. The van der Waals surface area contributed by atoms with Crippen molar-refractivity contribution in [2.24, 2.45) is 0 Å². The van der Waals surface area contributed by atoms with E-state index in [-0.39, 0.29) is 5.91 Å². The standard InChI is InChI=1S/C14H14ClN3O/c1-2-18(14-16-8-9-17-14)13(19)7-6-11-4-3-5-12(15)10-11/h3-10H,2H2,1H3,(H,16,17). The molecule has 0 aliphatic carbocycles. The second-order valence-electron chi connectivity index (χ2n) is 3.88. The van der Waals surface area contributed by atoms with Crippen molar-refractivity contribution in [3.63, 3.8) is 0 Å². The van der Waals surface area contributed by atoms with Crippen molar-refractivity contribution in [1.29, 1.82) is 0 Å². The summed E-state index contributed by atoms with van der Waals surface area (Å²) in [5.41, 5.74) is 0.886. The van der Waals surface area contributed by atoms with Gasteiger partial charge in [0, 0.05) is 30.0 Å². The molecule has 2 rings (SSSR count). The molecule has 98 valence electrons. The monoisotopic (exact) mass is 275 g/mol. The smallest absolute Gasteiger partial charge is 0.253 e. The average molecular weight is 276 g/mol. The van der Waals surface area contributed by atoms with Crippen LogP contribution < -0.4 is 4.90 Å². The maximum atomic E-state index is 12.1. The molecule has 1 amide bonds. The fraction of sp³-hybridized carbons (Fsp3) is 0.143. The SMILES string of the molecule is CCN(C(=O)C=Cc1cccc(Cl)c1)c1ncc[nH]1. The third-order valence-electron chi connectivity index (χ3n) is 2.59. The highest BCUT2D eigenvalue weighted by Crippen LogP contribution is 2.12. The summed E-state index contributed by atoms with van der Waals surface area (Å²) < 4.78 is 0. The number of aromatic nitrogens is 2. The van der Waals surface area contributed by atoms with E-state index in [1.165, 1.54) is 6.08 Å². The van der Waals surface area contributed by atoms with Crippen LogP contribution in [0.15, 0.2) is 42.7 Å². The molecule has 0 fully saturated rings. The first-order valence-corrected chi connectivity index (χ1v) is 6.33. The van der Waals surface area contributed by atoms with Gasteiger partial charge in [0.05, 0.1) is 0 Å². The predicted molar refractivity (Wildman–Crippen MR) is 77.1 cm³/mol. The Bertz CT molecular complexity index is 578. The zero-order valence-corrected chi connectivity index (χ0v) is 11.3. The molecule has 0 aliphatic heterocycles. The molecule has 5 heteroatoms. The number of aromatic amines is 1. The molecule has 0 bridgehead atoms. The van der Waals surface area contributed by atoms with Crippen LogP contribution in [0.3, 0.4) is 0 Å². The molecule has 0 atom stereocenters. The number of likely N-dealkylation sites (N-methyl/N-ethyl adjacent to an activating group) is 1. The molecule has 0 aliphatic rings. The molecule has 0 saturated carbocycles. The Morgan fingerprint density at radius 1 is 1.53 bits per heavy atom. The van der Waals surface area contributed by atoms with Crippen LogP contribution in [0, 0.1) is 0 Å². The van der Waals surface area contributed by atoms with E-state index in [9.17, 15) is 4.79 Å². The van der Waals surface area contributed by atoms with Crippen molar-refractivity contribution in [3.8, 4) is 0 Å². The topological polar surface area (TPSA) is 49.0 Å². The molecule has 0 spiro atoms. The number of carbonyl (C=O) groups is 1. The second kappa shape index (κ2) is 6.20. The van der Waals surface area contributed by atoms with E-state index >= 15 is 0 Å². The summed E-state index contributed by atoms with van der Waals surface area (Å²) in [6, 6.07) is 7.33. The van der Waals surface area contributed by atoms with Gasteiger partial charge in [-0.25, -0.2) is 4.98 Å². The zero-order chi connectivity index (χ0) is 13.7. The highest BCUT2D eigenvalue weighted by molar-refractivity contribution is 6.30. The van der Waals surface area contributed by atoms with Gasteiger partial charge >= 0.3 is 0 Å². The van der Waals surface area contributed by atoms with Crippen molar-refractivity contribution in [2.45, 2.75) is 6.92 Å². The number of hydrogen-bond donors (Lipinski definition) is 1. The number of halogens is 1. The number of rotatable bonds is 4. The summed E-state index contributed by atoms with van der Waals surface area (Å²) in [5.74, 6) is 0.417. The minimum absolute atomic E-state index is 0.127. The molecule has 2 aromatic rings. The van der Waals surface area contributed by atoms with Gasteiger partial charge in [0.1, 0.15) is 0 Å². The van der Waals surface area contributed by atoms with Crippen LogP contribution in [0.25, 0.3) is 6.08 Å². The molecule has 1 heterocycles. The van der Waals surface area contributed by atoms with Crippen molar-refractivity contribution >= 4 is 29.5 Å². The van der Waals surface area contributed by atoms with Gasteiger partial charge < -0.3 is 4.98 Å². The molecule has 0 radical (unpaired) electrons. The number of H-pyrrole nitrogens is 1. The molecule has 1 aromatic carbocycles. The molecule has 19 heavy (non-hydrogen) atoms. The molecular weight excluding hydrogens is 262 g/mol. The number of imidazole rings is 1. The second-order valence-corrected chi connectivity index (χ2v) is 4.32. The third-order valence-corrected chi connectivity index (χ3v) is 2.82. The van der Waals surface area contributed by atoms with Gasteiger partial charge in [-0.15, -0.1) is 0 Å². The van der Waals surface area contributed by atoms with Crippen molar-refractivity contribution < 1.29 is 4.79 Å². The molecular formula is C14H14ClN3O. The molecule has 1 N–H and O–H groups in total. The Morgan fingerprint density at radius 3 is 3.00 bits per heavy atom. The Labute approximate surface area is 116 Å². The number of nitrogens with one attached hydrogen (secondary N) is 1. The fourth-order valence-corrected chi connectivity index (χ4v) is 1.88. The predicted octanol–water partition coefficient (Wildman–Crippen LogP) is 3.13. The van der Waals surface area contributed by atoms with E-state index in [2.05, 4.69) is 9.97 Å². The van der Waals surface area contributed by atoms with Crippen LogP contribution in [0.4, 0.5) is 5.95 Å². The van der Waals surface area contributed by atoms with Gasteiger partial charge in [-0.1, -0.05) is 23.7 Å². The number of benzene rings is 1. The summed E-state index contributed by atoms with van der Waals surface area (Å²) in [6.45, 7) is 2.44. The van der Waals surface area contributed by atoms with E-state index in [4.69, 9.17) is 11.6 Å². The van der Waals surface area contributed by atoms with Crippen molar-refractivity contribution in [3.05, 3.63) is 53.3 Å². The number of amides is 1. The van der Waals surface area contributed by atoms with Crippen LogP contribution in [-0.4, -0.2) is 22.4 Å². The molecule has 1 aromatic heterocycles. The van der Waals surface area contributed by atoms with Gasteiger partial charge in [-0.05, 0) is 30.7 Å². The number of nitrogens with zero attached hydrogens (tertiary/aromatic N) is 2. The van der Waals surface area contributed by atoms with Crippen LogP contribution >= 0.6 is 11.6 Å². The summed E-state index contributed by atoms with van der Waals surface area (Å²) in [7, 11) is 0. The fourth-order valence-electron chi connectivity index (χ4n) is 1.68. The zero-order valence-electron chi connectivity index (χ0n) is 10.5. The Kier molecular flexibility index (Phi) is 4.36. The quantitative estimate of drug-likeness (QED) is 0.872. The Balaban J connectivity index is 2.12. The highest BCUT2D eigenvalue weighted by Gasteiger charge is 2.12. The Hall–Kier alpha value is -2.07. The van der Waals surface area contributed by atoms with Gasteiger partial charge in [0.15, 0.2) is 0 Å². The lowest BCUT2D eigenvalue weighted by molar-refractivity contribution is -0.114. The lowest BCUT2D eigenvalue weighted by Crippen LogP contribution is -2.29. The summed E-state index contributed by atoms with van der Waals surface area (Å²) in [4.78, 5) is 20.6. The summed E-state index contributed by atoms with van der Waals surface area (Å²) in [6.07, 6.45) is 6.55. The van der Waals surface area contributed by atoms with E-state index in [1.54, 1.807) is 35.5 Å². The third kappa shape index (κ3) is 3.45. The van der Waals surface area contributed by atoms with E-state index in [1.807, 2.05) is 19.1 Å². The summed E-state index contributed by atoms with van der Waals surface area (Å²) in [5, 5.41) is 0.646. The van der Waals surface area contributed by atoms with E-state index < -0.39 is 0 Å². The van der Waals surface area contributed by atoms with Crippen molar-refractivity contribution in [1.82, 2.24) is 9.97 Å². The first-order valence-electron chi connectivity index (χ1n) is 5.95. The maximum absolute atomic E-state index is 12.1. The lowest BCUT2D eigenvalue weighted by atomic mass is 10.2.